The topological polar surface area (TPSA) is 59.8 Å². The van der Waals surface area contributed by atoms with E-state index in [9.17, 15) is 4.79 Å². The molecule has 23 heavy (non-hydrogen) atoms. The second kappa shape index (κ2) is 6.38. The molecule has 0 radical (unpaired) electrons. The molecule has 0 bridgehead atoms. The Labute approximate surface area is 139 Å². The third kappa shape index (κ3) is 3.19. The van der Waals surface area contributed by atoms with Crippen LogP contribution >= 0.6 is 11.6 Å². The maximum atomic E-state index is 11.9. The second-order valence-electron chi connectivity index (χ2n) is 5.31. The van der Waals surface area contributed by atoms with Crippen LogP contribution in [0.15, 0.2) is 47.4 Å². The molecule has 3 aromatic rings. The van der Waals surface area contributed by atoms with Crippen molar-refractivity contribution in [2.45, 2.75) is 26.4 Å². The van der Waals surface area contributed by atoms with Crippen molar-refractivity contribution in [3.8, 4) is 0 Å². The van der Waals surface area contributed by atoms with Crippen LogP contribution in [0.1, 0.15) is 25.5 Å². The highest BCUT2D eigenvalue weighted by Crippen LogP contribution is 2.20. The quantitative estimate of drug-likeness (QED) is 0.794. The summed E-state index contributed by atoms with van der Waals surface area (Å²) < 4.78 is 1.63. The minimum atomic E-state index is -0.0598. The van der Waals surface area contributed by atoms with Crippen LogP contribution < -0.4 is 10.9 Å². The minimum absolute atomic E-state index is 0.0234. The van der Waals surface area contributed by atoms with Gasteiger partial charge < -0.3 is 5.32 Å². The van der Waals surface area contributed by atoms with E-state index in [2.05, 4.69) is 15.3 Å². The first-order valence-corrected chi connectivity index (χ1v) is 7.85. The summed E-state index contributed by atoms with van der Waals surface area (Å²) >= 11 is 5.91. The molecule has 0 amide bonds. The number of anilines is 1. The lowest BCUT2D eigenvalue weighted by molar-refractivity contribution is 0.747. The highest BCUT2D eigenvalue weighted by Gasteiger charge is 2.09. The van der Waals surface area contributed by atoms with E-state index in [-0.39, 0.29) is 11.6 Å². The molecule has 0 aliphatic heterocycles. The van der Waals surface area contributed by atoms with Gasteiger partial charge in [0.2, 0.25) is 5.95 Å². The molecule has 1 atom stereocenters. The number of hydrogen-bond acceptors (Lipinski definition) is 4. The minimum Gasteiger partial charge on any atom is -0.348 e. The van der Waals surface area contributed by atoms with E-state index in [1.165, 1.54) is 0 Å². The lowest BCUT2D eigenvalue weighted by atomic mass is 10.1. The van der Waals surface area contributed by atoms with Crippen LogP contribution in [0.3, 0.4) is 0 Å². The van der Waals surface area contributed by atoms with Crippen molar-refractivity contribution < 1.29 is 0 Å². The number of nitrogens with one attached hydrogen (secondary N) is 1. The molecule has 2 aromatic heterocycles. The van der Waals surface area contributed by atoms with Gasteiger partial charge in [-0.25, -0.2) is 4.98 Å². The molecule has 0 saturated heterocycles. The number of nitrogens with zero attached hydrogens (tertiary/aromatic N) is 3. The Balaban J connectivity index is 1.94. The number of pyridine rings is 1. The first kappa shape index (κ1) is 15.5. The molecule has 6 heteroatoms. The van der Waals surface area contributed by atoms with Crippen molar-refractivity contribution in [1.29, 1.82) is 0 Å². The fourth-order valence-corrected chi connectivity index (χ4v) is 2.60. The molecule has 0 saturated carbocycles. The summed E-state index contributed by atoms with van der Waals surface area (Å²) in [6.07, 6.45) is 1.73. The van der Waals surface area contributed by atoms with E-state index >= 15 is 0 Å². The van der Waals surface area contributed by atoms with Crippen molar-refractivity contribution >= 4 is 28.6 Å². The van der Waals surface area contributed by atoms with Gasteiger partial charge in [-0.2, -0.15) is 4.98 Å². The Morgan fingerprint density at radius 3 is 2.65 bits per heavy atom. The Kier molecular flexibility index (Phi) is 4.30. The molecule has 0 aliphatic rings. The molecule has 3 rings (SSSR count). The molecule has 1 aromatic carbocycles. The van der Waals surface area contributed by atoms with E-state index in [1.807, 2.05) is 38.1 Å². The van der Waals surface area contributed by atoms with Crippen LogP contribution in [-0.2, 0) is 6.54 Å². The number of aryl methyl sites for hydroxylation is 1. The third-order valence-electron chi connectivity index (χ3n) is 3.75. The Hall–Kier alpha value is -2.40. The van der Waals surface area contributed by atoms with Crippen molar-refractivity contribution in [3.63, 3.8) is 0 Å². The van der Waals surface area contributed by atoms with Crippen LogP contribution in [0.2, 0.25) is 5.02 Å². The van der Waals surface area contributed by atoms with Gasteiger partial charge in [0, 0.05) is 29.2 Å². The van der Waals surface area contributed by atoms with Gasteiger partial charge in [-0.15, -0.1) is 0 Å². The van der Waals surface area contributed by atoms with E-state index in [0.29, 0.717) is 23.2 Å². The molecule has 1 N–H and O–H groups in total. The van der Waals surface area contributed by atoms with Crippen LogP contribution in [0.25, 0.3) is 11.0 Å². The maximum Gasteiger partial charge on any atom is 0.252 e. The lowest BCUT2D eigenvalue weighted by Crippen LogP contribution is -2.19. The van der Waals surface area contributed by atoms with Crippen molar-refractivity contribution in [2.24, 2.45) is 0 Å². The van der Waals surface area contributed by atoms with E-state index in [0.717, 1.165) is 10.9 Å². The van der Waals surface area contributed by atoms with Crippen molar-refractivity contribution in [2.75, 3.05) is 5.32 Å². The highest BCUT2D eigenvalue weighted by atomic mass is 35.5. The molecule has 5 nitrogen and oxygen atoms in total. The maximum absolute atomic E-state index is 11.9. The van der Waals surface area contributed by atoms with Crippen LogP contribution in [0.4, 0.5) is 5.95 Å². The smallest absolute Gasteiger partial charge is 0.252 e. The largest absolute Gasteiger partial charge is 0.348 e. The number of benzene rings is 1. The molecule has 0 unspecified atom stereocenters. The van der Waals surface area contributed by atoms with Crippen molar-refractivity contribution in [3.05, 3.63) is 63.5 Å². The average Bonchev–Trinajstić information content (AvgIpc) is 2.55. The average molecular weight is 329 g/mol. The van der Waals surface area contributed by atoms with Gasteiger partial charge in [-0.3, -0.25) is 9.36 Å². The second-order valence-corrected chi connectivity index (χ2v) is 5.74. The normalized spacial score (nSPS) is 12.3. The van der Waals surface area contributed by atoms with E-state index < -0.39 is 0 Å². The number of halogens is 1. The summed E-state index contributed by atoms with van der Waals surface area (Å²) in [6, 6.07) is 10.9. The summed E-state index contributed by atoms with van der Waals surface area (Å²) in [5.74, 6) is 0.493. The highest BCUT2D eigenvalue weighted by molar-refractivity contribution is 6.30. The predicted molar refractivity (Wildman–Crippen MR) is 93.0 cm³/mol. The number of aromatic nitrogens is 3. The summed E-state index contributed by atoms with van der Waals surface area (Å²) in [5.41, 5.74) is 1.66. The molecule has 2 heterocycles. The SMILES string of the molecule is CCn1c(=O)ccc2cnc(N[C@@H](C)c3ccc(Cl)cc3)nc21. The predicted octanol–water partition coefficient (Wildman–Crippen LogP) is 3.64. The van der Waals surface area contributed by atoms with Gasteiger partial charge in [-0.05, 0) is 37.6 Å². The monoisotopic (exact) mass is 328 g/mol. The molecule has 118 valence electrons. The van der Waals surface area contributed by atoms with Gasteiger partial charge >= 0.3 is 0 Å². The standard InChI is InChI=1S/C17H17ClN4O/c1-3-22-15(23)9-6-13-10-19-17(21-16(13)22)20-11(2)12-4-7-14(18)8-5-12/h4-11H,3H2,1-2H3,(H,19,20,21)/t11-/m0/s1. The molecule has 0 aliphatic carbocycles. The fraction of sp³-hybridized carbons (Fsp3) is 0.235. The summed E-state index contributed by atoms with van der Waals surface area (Å²) in [5, 5.41) is 4.81. The van der Waals surface area contributed by atoms with Gasteiger partial charge in [-0.1, -0.05) is 23.7 Å². The van der Waals surface area contributed by atoms with E-state index in [1.54, 1.807) is 22.9 Å². The summed E-state index contributed by atoms with van der Waals surface area (Å²) in [6.45, 7) is 4.51. The first-order valence-electron chi connectivity index (χ1n) is 7.47. The zero-order valence-electron chi connectivity index (χ0n) is 13.0. The Morgan fingerprint density at radius 1 is 1.22 bits per heavy atom. The summed E-state index contributed by atoms with van der Waals surface area (Å²) in [7, 11) is 0. The van der Waals surface area contributed by atoms with Gasteiger partial charge in [0.15, 0.2) is 0 Å². The number of rotatable bonds is 4. The summed E-state index contributed by atoms with van der Waals surface area (Å²) in [4.78, 5) is 20.8. The molecule has 0 spiro atoms. The van der Waals surface area contributed by atoms with Crippen LogP contribution in [0.5, 0.6) is 0 Å². The van der Waals surface area contributed by atoms with Crippen molar-refractivity contribution in [1.82, 2.24) is 14.5 Å². The number of fused-ring (bicyclic) bond motifs is 1. The number of hydrogen-bond donors (Lipinski definition) is 1. The Bertz CT molecular complexity index is 889. The Morgan fingerprint density at radius 2 is 1.96 bits per heavy atom. The van der Waals surface area contributed by atoms with Gasteiger partial charge in [0.1, 0.15) is 5.65 Å². The lowest BCUT2D eigenvalue weighted by Gasteiger charge is -2.15. The van der Waals surface area contributed by atoms with Gasteiger partial charge in [0.25, 0.3) is 5.56 Å². The van der Waals surface area contributed by atoms with Gasteiger partial charge in [0.05, 0.1) is 6.04 Å². The third-order valence-corrected chi connectivity index (χ3v) is 4.01. The van der Waals surface area contributed by atoms with Crippen LogP contribution in [-0.4, -0.2) is 14.5 Å². The zero-order valence-corrected chi connectivity index (χ0v) is 13.7. The van der Waals surface area contributed by atoms with E-state index in [4.69, 9.17) is 11.6 Å². The molecular weight excluding hydrogens is 312 g/mol. The fourth-order valence-electron chi connectivity index (χ4n) is 2.47. The van der Waals surface area contributed by atoms with Crippen LogP contribution in [0, 0.1) is 0 Å². The molecule has 0 fully saturated rings. The first-order chi connectivity index (χ1) is 11.1. The molecular formula is C17H17ClN4O. The zero-order chi connectivity index (χ0) is 16.4.